The van der Waals surface area contributed by atoms with Gasteiger partial charge in [-0.3, -0.25) is 4.57 Å². The smallest absolute Gasteiger partial charge is 0.269 e. The average Bonchev–Trinajstić information content (AvgIpc) is 2.18. The van der Waals surface area contributed by atoms with E-state index in [0.717, 1.165) is 0 Å². The van der Waals surface area contributed by atoms with Crippen molar-refractivity contribution < 1.29 is 9.09 Å². The van der Waals surface area contributed by atoms with Crippen LogP contribution in [-0.2, 0) is 9.09 Å². The summed E-state index contributed by atoms with van der Waals surface area (Å²) in [5.41, 5.74) is 1.33. The molecule has 7 heteroatoms. The zero-order valence-electron chi connectivity index (χ0n) is 8.54. The van der Waals surface area contributed by atoms with Crippen LogP contribution < -0.4 is 0 Å². The minimum atomic E-state index is -2.81. The van der Waals surface area contributed by atoms with E-state index in [4.69, 9.17) is 39.3 Å². The third kappa shape index (κ3) is 6.83. The normalized spacial score (nSPS) is 16.1. The van der Waals surface area contributed by atoms with Gasteiger partial charge in [0.2, 0.25) is 0 Å². The molecule has 0 saturated heterocycles. The van der Waals surface area contributed by atoms with Gasteiger partial charge in [-0.2, -0.15) is 0 Å². The first kappa shape index (κ1) is 15.8. The van der Waals surface area contributed by atoms with Crippen LogP contribution in [0, 0.1) is 0 Å². The molecule has 0 aliphatic rings. The summed E-state index contributed by atoms with van der Waals surface area (Å²) >= 11 is 16.5. The fourth-order valence-corrected chi connectivity index (χ4v) is 3.14. The lowest BCUT2D eigenvalue weighted by molar-refractivity contribution is 0.297. The predicted molar refractivity (Wildman–Crippen MR) is 67.5 cm³/mol. The molecular weight excluding hydrogens is 279 g/mol. The van der Waals surface area contributed by atoms with Crippen molar-refractivity contribution in [3.8, 4) is 0 Å². The number of hydrogen-bond donors (Lipinski definition) is 0. The molecule has 1 atom stereocenters. The van der Waals surface area contributed by atoms with E-state index in [1.807, 2.05) is 0 Å². The molecule has 1 unspecified atom stereocenters. The van der Waals surface area contributed by atoms with Crippen molar-refractivity contribution in [2.45, 2.75) is 0 Å². The molecule has 0 heterocycles. The summed E-state index contributed by atoms with van der Waals surface area (Å²) in [4.78, 5) is 0. The number of halogens is 3. The highest BCUT2D eigenvalue weighted by atomic mass is 35.5. The molecule has 0 radical (unpaired) electrons. The molecule has 0 rings (SSSR count). The summed E-state index contributed by atoms with van der Waals surface area (Å²) in [6.45, 7) is 2.76. The Hall–Kier alpha value is 0.760. The summed E-state index contributed by atoms with van der Waals surface area (Å²) in [6, 6.07) is 0. The van der Waals surface area contributed by atoms with Gasteiger partial charge in [-0.05, 0) is 6.08 Å². The monoisotopic (exact) mass is 293 g/mol. The van der Waals surface area contributed by atoms with Crippen molar-refractivity contribution in [2.75, 3.05) is 38.1 Å². The van der Waals surface area contributed by atoms with Gasteiger partial charge in [-0.15, -0.1) is 23.2 Å². The van der Waals surface area contributed by atoms with Crippen molar-refractivity contribution in [3.05, 3.63) is 11.6 Å². The van der Waals surface area contributed by atoms with Crippen LogP contribution in [0.1, 0.15) is 0 Å². The second-order valence-electron chi connectivity index (χ2n) is 2.79. The molecule has 0 fully saturated rings. The van der Waals surface area contributed by atoms with E-state index < -0.39 is 7.52 Å². The zero-order chi connectivity index (χ0) is 11.7. The molecule has 0 bridgehead atoms. The van der Waals surface area contributed by atoms with Gasteiger partial charge in [0.05, 0.1) is 6.61 Å². The molecule has 0 N–H and O–H groups in total. The van der Waals surface area contributed by atoms with Gasteiger partial charge >= 0.3 is 0 Å². The molecular formula is C8H15Cl3NO2P. The highest BCUT2D eigenvalue weighted by molar-refractivity contribution is 7.55. The summed E-state index contributed by atoms with van der Waals surface area (Å²) in [5.74, 6) is 0.785. The molecule has 0 aliphatic carbocycles. The fourth-order valence-electron chi connectivity index (χ4n) is 0.970. The van der Waals surface area contributed by atoms with Crippen molar-refractivity contribution in [2.24, 2.45) is 0 Å². The van der Waals surface area contributed by atoms with Gasteiger partial charge in [0.1, 0.15) is 0 Å². The minimum absolute atomic E-state index is 0.221. The van der Waals surface area contributed by atoms with Gasteiger partial charge in [0, 0.05) is 37.0 Å². The van der Waals surface area contributed by atoms with Crippen LogP contribution in [0.5, 0.6) is 0 Å². The molecule has 0 aromatic carbocycles. The van der Waals surface area contributed by atoms with E-state index >= 15 is 0 Å². The standard InChI is InChI=1S/C8H15Cl3NO2P/c1-15(13,14-8-2-3-9)12(6-4-10)7-5-11/h2-3H,4-8H2,1H3. The van der Waals surface area contributed by atoms with Crippen molar-refractivity contribution >= 4 is 42.3 Å². The molecule has 3 nitrogen and oxygen atoms in total. The van der Waals surface area contributed by atoms with E-state index in [1.54, 1.807) is 17.4 Å². The average molecular weight is 295 g/mol. The zero-order valence-corrected chi connectivity index (χ0v) is 11.7. The van der Waals surface area contributed by atoms with Crippen LogP contribution in [0.2, 0.25) is 0 Å². The van der Waals surface area contributed by atoms with Crippen molar-refractivity contribution in [3.63, 3.8) is 0 Å². The van der Waals surface area contributed by atoms with E-state index in [2.05, 4.69) is 0 Å². The van der Waals surface area contributed by atoms with Crippen LogP contribution in [-0.4, -0.2) is 42.8 Å². The van der Waals surface area contributed by atoms with E-state index in [9.17, 15) is 4.57 Å². The number of rotatable bonds is 8. The molecule has 15 heavy (non-hydrogen) atoms. The third-order valence-corrected chi connectivity index (χ3v) is 4.27. The van der Waals surface area contributed by atoms with Crippen LogP contribution in [0.4, 0.5) is 0 Å². The van der Waals surface area contributed by atoms with Gasteiger partial charge in [0.25, 0.3) is 7.52 Å². The Bertz CT molecular complexity index is 232. The van der Waals surface area contributed by atoms with Crippen LogP contribution in [0.3, 0.4) is 0 Å². The largest absolute Gasteiger partial charge is 0.313 e. The Balaban J connectivity index is 4.27. The summed E-state index contributed by atoms with van der Waals surface area (Å²) < 4.78 is 19.0. The van der Waals surface area contributed by atoms with Gasteiger partial charge in [-0.1, -0.05) is 11.6 Å². The lowest BCUT2D eigenvalue weighted by Gasteiger charge is -2.26. The molecule has 0 aromatic heterocycles. The SMILES string of the molecule is CP(=O)(OCC=CCl)N(CCCl)CCCl. The molecule has 0 aromatic rings. The Morgan fingerprint density at radius 1 is 1.33 bits per heavy atom. The minimum Gasteiger partial charge on any atom is -0.313 e. The molecule has 0 amide bonds. The maximum atomic E-state index is 12.1. The van der Waals surface area contributed by atoms with Crippen molar-refractivity contribution in [1.82, 2.24) is 4.67 Å². The maximum Gasteiger partial charge on any atom is 0.269 e. The highest BCUT2D eigenvalue weighted by Crippen LogP contribution is 2.46. The molecule has 0 saturated carbocycles. The van der Waals surface area contributed by atoms with Crippen LogP contribution in [0.15, 0.2) is 11.6 Å². The first-order chi connectivity index (χ1) is 7.08. The van der Waals surface area contributed by atoms with E-state index in [1.165, 1.54) is 5.54 Å². The topological polar surface area (TPSA) is 29.5 Å². The Kier molecular flexibility index (Phi) is 9.31. The van der Waals surface area contributed by atoms with Crippen molar-refractivity contribution in [1.29, 1.82) is 0 Å². The van der Waals surface area contributed by atoms with E-state index in [-0.39, 0.29) is 6.61 Å². The Morgan fingerprint density at radius 3 is 2.27 bits per heavy atom. The summed E-state index contributed by atoms with van der Waals surface area (Å²) in [5, 5.41) is 0. The fraction of sp³-hybridized carbons (Fsp3) is 0.750. The van der Waals surface area contributed by atoms with Gasteiger partial charge < -0.3 is 4.52 Å². The van der Waals surface area contributed by atoms with Gasteiger partial charge in [0.15, 0.2) is 0 Å². The predicted octanol–water partition coefficient (Wildman–Crippen LogP) is 3.36. The number of nitrogens with zero attached hydrogens (tertiary/aromatic N) is 1. The lowest BCUT2D eigenvalue weighted by atomic mass is 10.6. The first-order valence-electron chi connectivity index (χ1n) is 4.43. The molecule has 0 aliphatic heterocycles. The first-order valence-corrected chi connectivity index (χ1v) is 7.96. The maximum absolute atomic E-state index is 12.1. The van der Waals surface area contributed by atoms with Gasteiger partial charge in [-0.25, -0.2) is 4.67 Å². The third-order valence-electron chi connectivity index (χ3n) is 1.70. The Labute approximate surface area is 106 Å². The number of alkyl halides is 2. The lowest BCUT2D eigenvalue weighted by Crippen LogP contribution is -2.25. The quantitative estimate of drug-likeness (QED) is 0.508. The second-order valence-corrected chi connectivity index (χ2v) is 6.23. The van der Waals surface area contributed by atoms with Crippen LogP contribution in [0.25, 0.3) is 0 Å². The number of hydrogen-bond acceptors (Lipinski definition) is 2. The molecule has 0 spiro atoms. The second kappa shape index (κ2) is 8.86. The van der Waals surface area contributed by atoms with Crippen LogP contribution >= 0.6 is 42.3 Å². The molecule has 90 valence electrons. The Morgan fingerprint density at radius 2 is 1.87 bits per heavy atom. The summed E-state index contributed by atoms with van der Waals surface area (Å²) in [6.07, 6.45) is 1.58. The summed E-state index contributed by atoms with van der Waals surface area (Å²) in [7, 11) is -2.81. The van der Waals surface area contributed by atoms with E-state index in [0.29, 0.717) is 24.8 Å². The highest BCUT2D eigenvalue weighted by Gasteiger charge is 2.24.